The molecule has 2 aromatic carbocycles. The molecule has 2 atom stereocenters. The van der Waals surface area contributed by atoms with Crippen molar-refractivity contribution >= 4 is 34.6 Å². The van der Waals surface area contributed by atoms with Crippen molar-refractivity contribution in [3.8, 4) is 17.2 Å². The van der Waals surface area contributed by atoms with Crippen molar-refractivity contribution < 1.29 is 9.47 Å². The number of nitrogens with one attached hydrogen (secondary N) is 1. The van der Waals surface area contributed by atoms with Crippen molar-refractivity contribution in [1.82, 2.24) is 14.9 Å². The molecule has 0 amide bonds. The predicted molar refractivity (Wildman–Crippen MR) is 138 cm³/mol. The molecule has 1 aliphatic rings. The molecule has 4 aromatic rings. The molecule has 2 aromatic heterocycles. The number of halogens is 1. The second-order valence-corrected chi connectivity index (χ2v) is 8.61. The van der Waals surface area contributed by atoms with E-state index >= 15 is 0 Å². The third kappa shape index (κ3) is 3.97. The van der Waals surface area contributed by atoms with Crippen LogP contribution in [0.5, 0.6) is 11.5 Å². The summed E-state index contributed by atoms with van der Waals surface area (Å²) in [5.74, 6) is 1.40. The second-order valence-electron chi connectivity index (χ2n) is 7.82. The molecular weight excluding hydrogens is 468 g/mol. The minimum absolute atomic E-state index is 0.172. The fraction of sp³-hybridized carbons (Fsp3) is 0.154. The second kappa shape index (κ2) is 9.37. The van der Waals surface area contributed by atoms with Crippen molar-refractivity contribution in [3.63, 3.8) is 0 Å². The summed E-state index contributed by atoms with van der Waals surface area (Å²) in [6, 6.07) is 23.3. The van der Waals surface area contributed by atoms with Crippen LogP contribution in [-0.2, 0) is 0 Å². The van der Waals surface area contributed by atoms with Gasteiger partial charge in [0, 0.05) is 35.5 Å². The van der Waals surface area contributed by atoms with Gasteiger partial charge in [-0.3, -0.25) is 4.98 Å². The summed E-state index contributed by atoms with van der Waals surface area (Å²) < 4.78 is 13.0. The van der Waals surface area contributed by atoms with E-state index in [1.807, 2.05) is 66.9 Å². The Hall–Kier alpha value is -3.55. The lowest BCUT2D eigenvalue weighted by Crippen LogP contribution is -2.30. The fourth-order valence-electron chi connectivity index (χ4n) is 4.37. The standard InChI is InChI=1S/C26H23ClN4O2S/c1-32-19-8-5-7-17(15-19)30-14-6-10-22(30)25-24(21-9-3-4-13-28-21)29-26(34)31(25)18-11-12-23(33-2)20(27)16-18/h3-16,24-25H,1-2H3,(H,29,34). The average Bonchev–Trinajstić information content (AvgIpc) is 3.49. The van der Waals surface area contributed by atoms with Crippen LogP contribution in [0.1, 0.15) is 23.5 Å². The maximum absolute atomic E-state index is 6.50. The van der Waals surface area contributed by atoms with Crippen molar-refractivity contribution in [2.24, 2.45) is 0 Å². The minimum Gasteiger partial charge on any atom is -0.497 e. The molecule has 8 heteroatoms. The first-order chi connectivity index (χ1) is 16.6. The Bertz CT molecular complexity index is 1330. The minimum atomic E-state index is -0.187. The van der Waals surface area contributed by atoms with Gasteiger partial charge in [0.15, 0.2) is 5.11 Å². The molecule has 3 heterocycles. The molecule has 1 saturated heterocycles. The molecule has 34 heavy (non-hydrogen) atoms. The van der Waals surface area contributed by atoms with Gasteiger partial charge in [-0.05, 0) is 66.8 Å². The van der Waals surface area contributed by atoms with Crippen molar-refractivity contribution in [2.45, 2.75) is 12.1 Å². The summed E-state index contributed by atoms with van der Waals surface area (Å²) >= 11 is 12.3. The number of thiocarbonyl (C=S) groups is 1. The first-order valence-electron chi connectivity index (χ1n) is 10.8. The van der Waals surface area contributed by atoms with Crippen LogP contribution >= 0.6 is 23.8 Å². The van der Waals surface area contributed by atoms with Gasteiger partial charge in [0.2, 0.25) is 0 Å². The van der Waals surface area contributed by atoms with Gasteiger partial charge in [0.25, 0.3) is 0 Å². The summed E-state index contributed by atoms with van der Waals surface area (Å²) in [4.78, 5) is 6.72. The maximum Gasteiger partial charge on any atom is 0.174 e. The lowest BCUT2D eigenvalue weighted by Gasteiger charge is -2.29. The van der Waals surface area contributed by atoms with Gasteiger partial charge in [-0.15, -0.1) is 0 Å². The van der Waals surface area contributed by atoms with Crippen LogP contribution in [-0.4, -0.2) is 28.9 Å². The van der Waals surface area contributed by atoms with E-state index < -0.39 is 0 Å². The first kappa shape index (κ1) is 22.3. The number of methoxy groups -OCH3 is 2. The Balaban J connectivity index is 1.66. The van der Waals surface area contributed by atoms with E-state index in [9.17, 15) is 0 Å². The highest BCUT2D eigenvalue weighted by Gasteiger charge is 2.42. The highest BCUT2D eigenvalue weighted by atomic mass is 35.5. The summed E-state index contributed by atoms with van der Waals surface area (Å²) in [5, 5.41) is 4.61. The van der Waals surface area contributed by atoms with Crippen LogP contribution in [0, 0.1) is 0 Å². The molecule has 5 rings (SSSR count). The zero-order valence-corrected chi connectivity index (χ0v) is 20.3. The van der Waals surface area contributed by atoms with Crippen LogP contribution in [0.3, 0.4) is 0 Å². The predicted octanol–water partition coefficient (Wildman–Crippen LogP) is 5.72. The molecule has 0 saturated carbocycles. The Kier molecular flexibility index (Phi) is 6.13. The smallest absolute Gasteiger partial charge is 0.174 e. The normalized spacial score (nSPS) is 17.5. The van der Waals surface area contributed by atoms with E-state index in [1.54, 1.807) is 20.4 Å². The van der Waals surface area contributed by atoms with E-state index in [2.05, 4.69) is 31.9 Å². The zero-order valence-electron chi connectivity index (χ0n) is 18.7. The van der Waals surface area contributed by atoms with Crippen molar-refractivity contribution in [1.29, 1.82) is 0 Å². The Morgan fingerprint density at radius 3 is 2.56 bits per heavy atom. The molecular formula is C26H23ClN4O2S. The highest BCUT2D eigenvalue weighted by molar-refractivity contribution is 7.80. The lowest BCUT2D eigenvalue weighted by molar-refractivity contribution is 0.414. The SMILES string of the molecule is COc1cccc(-n2cccc2C2C(c3ccccn3)NC(=S)N2c2ccc(OC)c(Cl)c2)c1. The lowest BCUT2D eigenvalue weighted by atomic mass is 10.0. The zero-order chi connectivity index (χ0) is 23.7. The van der Waals surface area contributed by atoms with Gasteiger partial charge in [0.1, 0.15) is 17.5 Å². The number of rotatable bonds is 6. The highest BCUT2D eigenvalue weighted by Crippen LogP contribution is 2.43. The molecule has 0 aliphatic carbocycles. The molecule has 0 radical (unpaired) electrons. The van der Waals surface area contributed by atoms with E-state index in [0.717, 1.165) is 28.5 Å². The van der Waals surface area contributed by atoms with Crippen molar-refractivity contribution in [2.75, 3.05) is 19.1 Å². The summed E-state index contributed by atoms with van der Waals surface area (Å²) in [6.07, 6.45) is 3.84. The number of hydrogen-bond acceptors (Lipinski definition) is 4. The van der Waals surface area contributed by atoms with Crippen LogP contribution in [0.2, 0.25) is 5.02 Å². The van der Waals surface area contributed by atoms with Crippen molar-refractivity contribution in [3.05, 3.63) is 102 Å². The maximum atomic E-state index is 6.50. The van der Waals surface area contributed by atoms with Gasteiger partial charge in [-0.1, -0.05) is 23.7 Å². The number of anilines is 1. The fourth-order valence-corrected chi connectivity index (χ4v) is 4.97. The molecule has 172 valence electrons. The van der Waals surface area contributed by atoms with Gasteiger partial charge in [-0.2, -0.15) is 0 Å². The quantitative estimate of drug-likeness (QED) is 0.349. The van der Waals surface area contributed by atoms with Gasteiger partial charge in [0.05, 0.1) is 31.0 Å². The number of ether oxygens (including phenoxy) is 2. The molecule has 6 nitrogen and oxygen atoms in total. The average molecular weight is 491 g/mol. The summed E-state index contributed by atoms with van der Waals surface area (Å²) in [5.41, 5.74) is 3.80. The van der Waals surface area contributed by atoms with Gasteiger partial charge >= 0.3 is 0 Å². The van der Waals surface area contributed by atoms with E-state index in [1.165, 1.54) is 0 Å². The monoisotopic (exact) mass is 490 g/mol. The van der Waals surface area contributed by atoms with E-state index in [4.69, 9.17) is 33.3 Å². The third-order valence-electron chi connectivity index (χ3n) is 5.93. The largest absolute Gasteiger partial charge is 0.497 e. The summed E-state index contributed by atoms with van der Waals surface area (Å²) in [7, 11) is 3.27. The molecule has 0 spiro atoms. The number of pyridine rings is 1. The number of benzene rings is 2. The van der Waals surface area contributed by atoms with Gasteiger partial charge in [-0.25, -0.2) is 0 Å². The van der Waals surface area contributed by atoms with Crippen LogP contribution < -0.4 is 19.7 Å². The summed E-state index contributed by atoms with van der Waals surface area (Å²) in [6.45, 7) is 0. The molecule has 1 fully saturated rings. The Labute approximate surface area is 208 Å². The third-order valence-corrected chi connectivity index (χ3v) is 6.54. The topological polar surface area (TPSA) is 51.5 Å². The Morgan fingerprint density at radius 1 is 0.941 bits per heavy atom. The van der Waals surface area contributed by atoms with E-state index in [0.29, 0.717) is 15.9 Å². The number of hydrogen-bond donors (Lipinski definition) is 1. The Morgan fingerprint density at radius 2 is 1.82 bits per heavy atom. The van der Waals surface area contributed by atoms with Crippen LogP contribution in [0.15, 0.2) is 85.2 Å². The van der Waals surface area contributed by atoms with Crippen LogP contribution in [0.25, 0.3) is 5.69 Å². The van der Waals surface area contributed by atoms with Crippen LogP contribution in [0.4, 0.5) is 5.69 Å². The molecule has 1 aliphatic heterocycles. The first-order valence-corrected chi connectivity index (χ1v) is 11.5. The number of nitrogens with zero attached hydrogens (tertiary/aromatic N) is 3. The molecule has 0 bridgehead atoms. The molecule has 1 N–H and O–H groups in total. The van der Waals surface area contributed by atoms with E-state index in [-0.39, 0.29) is 12.1 Å². The molecule has 2 unspecified atom stereocenters. The number of aromatic nitrogens is 2. The van der Waals surface area contributed by atoms with Gasteiger partial charge < -0.3 is 24.3 Å².